The Morgan fingerprint density at radius 2 is 1.78 bits per heavy atom. The molecule has 1 amide bonds. The van der Waals surface area contributed by atoms with Crippen molar-refractivity contribution < 1.29 is 45.3 Å². The smallest absolute Gasteiger partial charge is 0.279 e. The van der Waals surface area contributed by atoms with Crippen LogP contribution in [0.5, 0.6) is 5.75 Å². The molecule has 2 aliphatic rings. The number of fused-ring (bicyclic) bond motifs is 4. The SMILES string of the molecule is O=C(c1cc2cc(OCCN3CCOCC3)ccc2[nH]1)N1CC(COS(=O)(=O)Cc2ccccc2)c2c1cc([N+](=O)[O-])c1cc(S(=O)(=O)NCCO)ccc21. The highest BCUT2D eigenvalue weighted by atomic mass is 32.2. The van der Waals surface area contributed by atoms with E-state index in [0.29, 0.717) is 47.6 Å². The quantitative estimate of drug-likeness (QED) is 0.0790. The number of sulfonamides is 1. The Morgan fingerprint density at radius 1 is 1.00 bits per heavy atom. The van der Waals surface area contributed by atoms with E-state index in [0.717, 1.165) is 25.7 Å². The molecule has 0 bridgehead atoms. The molecular weight excluding hydrogens is 755 g/mol. The van der Waals surface area contributed by atoms with Gasteiger partial charge in [0.15, 0.2) is 0 Å². The van der Waals surface area contributed by atoms with Crippen LogP contribution in [0.1, 0.15) is 27.5 Å². The van der Waals surface area contributed by atoms with Gasteiger partial charge in [0.25, 0.3) is 21.7 Å². The summed E-state index contributed by atoms with van der Waals surface area (Å²) in [5.74, 6) is -1.08. The number of amides is 1. The highest BCUT2D eigenvalue weighted by molar-refractivity contribution is 7.89. The molecule has 2 aliphatic heterocycles. The number of H-pyrrole nitrogens is 1. The molecule has 3 N–H and O–H groups in total. The number of ether oxygens (including phenoxy) is 2. The standard InChI is InChI=1S/C37H39N5O11S2/c43-14-10-38-55(49,50)29-7-8-30-31(20-29)34(42(45)46)21-35-36(30)27(23-53-54(47,48)24-25-4-2-1-3-5-25)22-41(35)37(44)33-19-26-18-28(6-9-32(26)39-33)52-17-13-40-11-15-51-16-12-40/h1-9,18-21,27,38-39,43H,10-17,22-24H2. The number of aromatic nitrogens is 1. The van der Waals surface area contributed by atoms with Crippen LogP contribution in [0.25, 0.3) is 21.7 Å². The monoisotopic (exact) mass is 793 g/mol. The molecule has 7 rings (SSSR count). The molecule has 16 nitrogen and oxygen atoms in total. The summed E-state index contributed by atoms with van der Waals surface area (Å²) in [5.41, 5.74) is 1.45. The van der Waals surface area contributed by atoms with Crippen molar-refractivity contribution in [1.82, 2.24) is 14.6 Å². The summed E-state index contributed by atoms with van der Waals surface area (Å²) in [6.07, 6.45) is 0. The van der Waals surface area contributed by atoms with Crippen LogP contribution in [0, 0.1) is 10.1 Å². The number of nitro groups is 1. The van der Waals surface area contributed by atoms with E-state index in [-0.39, 0.29) is 40.1 Å². The Hall–Kier alpha value is -4.95. The van der Waals surface area contributed by atoms with Gasteiger partial charge in [-0.25, -0.2) is 13.1 Å². The van der Waals surface area contributed by atoms with Crippen LogP contribution in [-0.4, -0.2) is 108 Å². The summed E-state index contributed by atoms with van der Waals surface area (Å²) >= 11 is 0. The van der Waals surface area contributed by atoms with E-state index in [2.05, 4.69) is 14.6 Å². The van der Waals surface area contributed by atoms with Crippen molar-refractivity contribution in [2.45, 2.75) is 16.6 Å². The van der Waals surface area contributed by atoms with Crippen molar-refractivity contribution >= 4 is 59.1 Å². The van der Waals surface area contributed by atoms with Gasteiger partial charge in [-0.3, -0.25) is 24.0 Å². The second kappa shape index (κ2) is 16.0. The fourth-order valence-electron chi connectivity index (χ4n) is 6.95. The maximum Gasteiger partial charge on any atom is 0.279 e. The average Bonchev–Trinajstić information content (AvgIpc) is 3.78. The number of rotatable bonds is 15. The first-order chi connectivity index (χ1) is 26.4. The van der Waals surface area contributed by atoms with Gasteiger partial charge in [0.1, 0.15) is 23.8 Å². The lowest BCUT2D eigenvalue weighted by molar-refractivity contribution is -0.383. The molecule has 4 aromatic carbocycles. The van der Waals surface area contributed by atoms with E-state index in [1.807, 2.05) is 6.07 Å². The number of anilines is 1. The van der Waals surface area contributed by atoms with Crippen molar-refractivity contribution in [2.24, 2.45) is 0 Å². The number of carbonyl (C=O) groups excluding carboxylic acids is 1. The highest BCUT2D eigenvalue weighted by Gasteiger charge is 2.38. The Labute approximate surface area is 316 Å². The number of nitrogens with one attached hydrogen (secondary N) is 2. The summed E-state index contributed by atoms with van der Waals surface area (Å²) in [4.78, 5) is 32.6. The molecule has 0 aliphatic carbocycles. The number of aromatic amines is 1. The number of nitro benzene ring substituents is 1. The largest absolute Gasteiger partial charge is 0.492 e. The third-order valence-electron chi connectivity index (χ3n) is 9.60. The van der Waals surface area contributed by atoms with Gasteiger partial charge in [0.05, 0.1) is 47.3 Å². The maximum atomic E-state index is 14.3. The first kappa shape index (κ1) is 38.3. The minimum atomic E-state index is -4.15. The summed E-state index contributed by atoms with van der Waals surface area (Å²) in [6.45, 7) is 3.06. The summed E-state index contributed by atoms with van der Waals surface area (Å²) in [5, 5.41) is 22.6. The predicted octanol–water partition coefficient (Wildman–Crippen LogP) is 3.50. The Balaban J connectivity index is 1.22. The molecule has 1 unspecified atom stereocenters. The van der Waals surface area contributed by atoms with E-state index >= 15 is 0 Å². The van der Waals surface area contributed by atoms with E-state index in [1.54, 1.807) is 48.5 Å². The molecule has 1 atom stereocenters. The number of non-ortho nitro benzene ring substituents is 1. The van der Waals surface area contributed by atoms with Gasteiger partial charge in [-0.1, -0.05) is 36.4 Å². The van der Waals surface area contributed by atoms with E-state index < -0.39 is 61.5 Å². The number of aliphatic hydroxyl groups is 1. The minimum absolute atomic E-state index is 0.0335. The molecule has 0 radical (unpaired) electrons. The normalized spacial score (nSPS) is 16.5. The van der Waals surface area contributed by atoms with E-state index in [9.17, 15) is 31.7 Å². The number of carbonyl (C=O) groups is 1. The summed E-state index contributed by atoms with van der Waals surface area (Å²) in [6, 6.07) is 20.6. The lowest BCUT2D eigenvalue weighted by Gasteiger charge is -2.26. The maximum absolute atomic E-state index is 14.3. The molecule has 0 spiro atoms. The number of hydrogen-bond acceptors (Lipinski definition) is 12. The van der Waals surface area contributed by atoms with Crippen LogP contribution in [0.3, 0.4) is 0 Å². The molecule has 5 aromatic rings. The second-order valence-corrected chi connectivity index (χ2v) is 16.6. The lowest BCUT2D eigenvalue weighted by Crippen LogP contribution is -2.38. The van der Waals surface area contributed by atoms with Gasteiger partial charge < -0.3 is 24.5 Å². The molecule has 1 fully saturated rings. The van der Waals surface area contributed by atoms with Crippen molar-refractivity contribution in [3.8, 4) is 5.75 Å². The molecular formula is C37H39N5O11S2. The Morgan fingerprint density at radius 3 is 2.53 bits per heavy atom. The van der Waals surface area contributed by atoms with Gasteiger partial charge >= 0.3 is 0 Å². The average molecular weight is 794 g/mol. The fraction of sp³-hybridized carbons (Fsp3) is 0.324. The van der Waals surface area contributed by atoms with Crippen LogP contribution >= 0.6 is 0 Å². The van der Waals surface area contributed by atoms with Gasteiger partial charge in [0, 0.05) is 55.6 Å². The summed E-state index contributed by atoms with van der Waals surface area (Å²) < 4.78 is 71.3. The minimum Gasteiger partial charge on any atom is -0.492 e. The van der Waals surface area contributed by atoms with Crippen LogP contribution in [-0.2, 0) is 34.8 Å². The van der Waals surface area contributed by atoms with E-state index in [4.69, 9.17) is 18.8 Å². The number of nitrogens with zero attached hydrogens (tertiary/aromatic N) is 3. The molecule has 18 heteroatoms. The van der Waals surface area contributed by atoms with Gasteiger partial charge in [-0.2, -0.15) is 8.42 Å². The van der Waals surface area contributed by atoms with Crippen molar-refractivity contribution in [1.29, 1.82) is 0 Å². The fourth-order valence-corrected chi connectivity index (χ4v) is 9.05. The zero-order valence-corrected chi connectivity index (χ0v) is 31.2. The topological polar surface area (TPSA) is 211 Å². The molecule has 55 heavy (non-hydrogen) atoms. The molecule has 1 saturated heterocycles. The van der Waals surface area contributed by atoms with Crippen molar-refractivity contribution in [2.75, 3.05) is 70.7 Å². The zero-order chi connectivity index (χ0) is 38.7. The third kappa shape index (κ3) is 8.50. The number of aliphatic hydroxyl groups excluding tert-OH is 1. The van der Waals surface area contributed by atoms with Crippen LogP contribution in [0.4, 0.5) is 11.4 Å². The number of hydrogen-bond donors (Lipinski definition) is 3. The van der Waals surface area contributed by atoms with Gasteiger partial charge in [-0.15, -0.1) is 0 Å². The summed E-state index contributed by atoms with van der Waals surface area (Å²) in [7, 11) is -8.26. The first-order valence-electron chi connectivity index (χ1n) is 17.6. The molecule has 1 aromatic heterocycles. The van der Waals surface area contributed by atoms with E-state index in [1.165, 1.54) is 23.1 Å². The van der Waals surface area contributed by atoms with Crippen molar-refractivity contribution in [3.63, 3.8) is 0 Å². The van der Waals surface area contributed by atoms with Gasteiger partial charge in [0.2, 0.25) is 10.0 Å². The van der Waals surface area contributed by atoms with Crippen LogP contribution < -0.4 is 14.4 Å². The second-order valence-electron chi connectivity index (χ2n) is 13.2. The number of benzene rings is 4. The highest BCUT2D eigenvalue weighted by Crippen LogP contribution is 2.46. The van der Waals surface area contributed by atoms with Crippen molar-refractivity contribution in [3.05, 3.63) is 106 Å². The Kier molecular flexibility index (Phi) is 11.2. The lowest BCUT2D eigenvalue weighted by atomic mass is 9.94. The molecule has 290 valence electrons. The van der Waals surface area contributed by atoms with Gasteiger partial charge in [-0.05, 0) is 52.9 Å². The molecule has 0 saturated carbocycles. The molecule has 3 heterocycles. The third-order valence-corrected chi connectivity index (χ3v) is 12.2. The Bertz CT molecular complexity index is 2450. The zero-order valence-electron chi connectivity index (χ0n) is 29.5. The predicted molar refractivity (Wildman–Crippen MR) is 203 cm³/mol. The van der Waals surface area contributed by atoms with Crippen LogP contribution in [0.15, 0.2) is 83.8 Å². The van der Waals surface area contributed by atoms with Crippen LogP contribution in [0.2, 0.25) is 0 Å². The first-order valence-corrected chi connectivity index (χ1v) is 20.6. The number of morpholine rings is 1.